The van der Waals surface area contributed by atoms with Gasteiger partial charge in [0.1, 0.15) is 6.33 Å². The smallest absolute Gasteiger partial charge is 0.387 e. The minimum Gasteiger partial charge on any atom is -0.493 e. The molecule has 0 amide bonds. The van der Waals surface area contributed by atoms with Gasteiger partial charge in [0.15, 0.2) is 18.1 Å². The number of halogens is 2. The van der Waals surface area contributed by atoms with E-state index in [-0.39, 0.29) is 35.4 Å². The number of carbonyl (C=O) groups is 1. The zero-order valence-corrected chi connectivity index (χ0v) is 16.4. The Hall–Kier alpha value is -4.42. The van der Waals surface area contributed by atoms with Crippen molar-refractivity contribution in [2.24, 2.45) is 0 Å². The van der Waals surface area contributed by atoms with E-state index in [2.05, 4.69) is 30.4 Å². The molecule has 0 bridgehead atoms. The summed E-state index contributed by atoms with van der Waals surface area (Å²) in [5, 5.41) is 14.7. The zero-order valence-electron chi connectivity index (χ0n) is 16.4. The monoisotopic (exact) mass is 444 g/mol. The average molecular weight is 444 g/mol. The molecule has 0 aliphatic carbocycles. The van der Waals surface area contributed by atoms with E-state index in [1.165, 1.54) is 36.3 Å². The number of benzene rings is 2. The van der Waals surface area contributed by atoms with Crippen LogP contribution in [-0.2, 0) is 11.3 Å². The summed E-state index contributed by atoms with van der Waals surface area (Å²) in [7, 11) is 1.31. The molecule has 0 radical (unpaired) electrons. The first kappa shape index (κ1) is 20.8. The number of hydrogen-bond donors (Lipinski definition) is 0. The lowest BCUT2D eigenvalue weighted by Gasteiger charge is -2.10. The van der Waals surface area contributed by atoms with Gasteiger partial charge in [-0.15, -0.1) is 5.10 Å². The van der Waals surface area contributed by atoms with Gasteiger partial charge in [-0.1, -0.05) is 17.3 Å². The van der Waals surface area contributed by atoms with Crippen LogP contribution >= 0.6 is 0 Å². The summed E-state index contributed by atoms with van der Waals surface area (Å²) >= 11 is 0. The molecule has 0 saturated carbocycles. The van der Waals surface area contributed by atoms with Crippen molar-refractivity contribution in [1.29, 1.82) is 0 Å². The number of rotatable bonds is 8. The number of esters is 1. The molecule has 0 fully saturated rings. The van der Waals surface area contributed by atoms with Crippen molar-refractivity contribution in [2.75, 3.05) is 7.11 Å². The van der Waals surface area contributed by atoms with Gasteiger partial charge in [-0.05, 0) is 40.8 Å². The molecule has 0 atom stereocenters. The Bertz CT molecular complexity index is 1210. The first-order valence-corrected chi connectivity index (χ1v) is 9.00. The Kier molecular flexibility index (Phi) is 5.96. The fourth-order valence-corrected chi connectivity index (χ4v) is 2.75. The molecule has 4 rings (SSSR count). The third kappa shape index (κ3) is 4.50. The second-order valence-electron chi connectivity index (χ2n) is 6.10. The highest BCUT2D eigenvalue weighted by Crippen LogP contribution is 2.32. The summed E-state index contributed by atoms with van der Waals surface area (Å²) in [6.45, 7) is -3.29. The van der Waals surface area contributed by atoms with Gasteiger partial charge in [0, 0.05) is 5.56 Å². The molecule has 11 nitrogen and oxygen atoms in total. The van der Waals surface area contributed by atoms with Crippen LogP contribution in [-0.4, -0.2) is 50.0 Å². The fourth-order valence-electron chi connectivity index (χ4n) is 2.75. The molecule has 4 aromatic rings. The number of methoxy groups -OCH3 is 1. The summed E-state index contributed by atoms with van der Waals surface area (Å²) < 4.78 is 46.1. The Balaban J connectivity index is 1.46. The molecule has 2 aromatic heterocycles. The van der Waals surface area contributed by atoms with Crippen LogP contribution in [0.3, 0.4) is 0 Å². The van der Waals surface area contributed by atoms with Crippen molar-refractivity contribution in [3.05, 3.63) is 60.2 Å². The SMILES string of the molecule is COc1cc(-c2noc(COC(=O)c3ccccc3-n3cnnn3)n2)ccc1OC(F)F. The summed E-state index contributed by atoms with van der Waals surface area (Å²) in [6.07, 6.45) is 1.35. The van der Waals surface area contributed by atoms with Gasteiger partial charge in [0.25, 0.3) is 5.89 Å². The standard InChI is InChI=1S/C19H14F2N6O5/c1-29-15-8-11(6-7-14(15)31-19(20)21)17-23-16(32-24-17)9-30-18(28)12-4-2-3-5-13(12)27-10-22-25-26-27/h2-8,10,19H,9H2,1H3. The highest BCUT2D eigenvalue weighted by atomic mass is 19.3. The van der Waals surface area contributed by atoms with Crippen molar-refractivity contribution in [3.8, 4) is 28.6 Å². The number of aromatic nitrogens is 6. The molecule has 0 aliphatic heterocycles. The minimum absolute atomic E-state index is 0.0279. The molecule has 0 saturated heterocycles. The van der Waals surface area contributed by atoms with Crippen molar-refractivity contribution in [2.45, 2.75) is 13.2 Å². The molecule has 0 aliphatic rings. The Morgan fingerprint density at radius 2 is 2.03 bits per heavy atom. The Labute approximate surface area is 178 Å². The minimum atomic E-state index is -2.99. The van der Waals surface area contributed by atoms with Crippen molar-refractivity contribution in [1.82, 2.24) is 30.3 Å². The lowest BCUT2D eigenvalue weighted by Crippen LogP contribution is -2.10. The van der Waals surface area contributed by atoms with E-state index in [9.17, 15) is 13.6 Å². The lowest BCUT2D eigenvalue weighted by atomic mass is 10.2. The van der Waals surface area contributed by atoms with Crippen LogP contribution in [0.25, 0.3) is 17.1 Å². The molecule has 32 heavy (non-hydrogen) atoms. The highest BCUT2D eigenvalue weighted by Gasteiger charge is 2.18. The fraction of sp³-hybridized carbons (Fsp3) is 0.158. The largest absolute Gasteiger partial charge is 0.493 e. The van der Waals surface area contributed by atoms with Crippen LogP contribution in [0, 0.1) is 0 Å². The first-order chi connectivity index (χ1) is 15.5. The molecule has 164 valence electrons. The summed E-state index contributed by atoms with van der Waals surface area (Å²) in [5.41, 5.74) is 1.10. The Morgan fingerprint density at radius 1 is 1.19 bits per heavy atom. The molecular weight excluding hydrogens is 430 g/mol. The molecule has 0 unspecified atom stereocenters. The third-order valence-corrected chi connectivity index (χ3v) is 4.15. The van der Waals surface area contributed by atoms with E-state index in [4.69, 9.17) is 14.0 Å². The summed E-state index contributed by atoms with van der Waals surface area (Å²) in [5.74, 6) is -0.539. The Morgan fingerprint density at radius 3 is 2.78 bits per heavy atom. The summed E-state index contributed by atoms with van der Waals surface area (Å²) in [6, 6.07) is 10.8. The number of nitrogens with zero attached hydrogens (tertiary/aromatic N) is 6. The van der Waals surface area contributed by atoms with Crippen molar-refractivity contribution >= 4 is 5.97 Å². The van der Waals surface area contributed by atoms with Crippen LogP contribution in [0.5, 0.6) is 11.5 Å². The van der Waals surface area contributed by atoms with E-state index in [1.54, 1.807) is 24.3 Å². The van der Waals surface area contributed by atoms with E-state index in [0.717, 1.165) is 0 Å². The van der Waals surface area contributed by atoms with Gasteiger partial charge < -0.3 is 18.7 Å². The number of hydrogen-bond acceptors (Lipinski definition) is 10. The zero-order chi connectivity index (χ0) is 22.5. The van der Waals surface area contributed by atoms with Crippen LogP contribution in [0.4, 0.5) is 8.78 Å². The lowest BCUT2D eigenvalue weighted by molar-refractivity contribution is -0.0512. The summed E-state index contributed by atoms with van der Waals surface area (Å²) in [4.78, 5) is 16.7. The predicted molar refractivity (Wildman–Crippen MR) is 101 cm³/mol. The highest BCUT2D eigenvalue weighted by molar-refractivity contribution is 5.93. The third-order valence-electron chi connectivity index (χ3n) is 4.15. The topological polar surface area (TPSA) is 127 Å². The molecule has 2 heterocycles. The van der Waals surface area contributed by atoms with Gasteiger partial charge in [-0.3, -0.25) is 0 Å². The number of para-hydroxylation sites is 1. The number of carbonyl (C=O) groups excluding carboxylic acids is 1. The van der Waals surface area contributed by atoms with E-state index < -0.39 is 12.6 Å². The maximum atomic E-state index is 12.5. The maximum absolute atomic E-state index is 12.5. The molecule has 0 N–H and O–H groups in total. The average Bonchev–Trinajstić information content (AvgIpc) is 3.50. The normalized spacial score (nSPS) is 10.9. The van der Waals surface area contributed by atoms with Crippen LogP contribution < -0.4 is 9.47 Å². The first-order valence-electron chi connectivity index (χ1n) is 9.00. The quantitative estimate of drug-likeness (QED) is 0.374. The van der Waals surface area contributed by atoms with Crippen LogP contribution in [0.1, 0.15) is 16.2 Å². The van der Waals surface area contributed by atoms with Gasteiger partial charge in [0.2, 0.25) is 5.82 Å². The van der Waals surface area contributed by atoms with Crippen molar-refractivity contribution in [3.63, 3.8) is 0 Å². The van der Waals surface area contributed by atoms with Crippen LogP contribution in [0.15, 0.2) is 53.3 Å². The van der Waals surface area contributed by atoms with E-state index >= 15 is 0 Å². The van der Waals surface area contributed by atoms with E-state index in [0.29, 0.717) is 11.3 Å². The maximum Gasteiger partial charge on any atom is 0.387 e. The molecule has 0 spiro atoms. The van der Waals surface area contributed by atoms with Gasteiger partial charge in [-0.2, -0.15) is 18.4 Å². The number of ether oxygens (including phenoxy) is 3. The van der Waals surface area contributed by atoms with Crippen LogP contribution in [0.2, 0.25) is 0 Å². The van der Waals surface area contributed by atoms with Gasteiger partial charge in [0.05, 0.1) is 18.4 Å². The number of tetrazole rings is 1. The van der Waals surface area contributed by atoms with E-state index in [1.807, 2.05) is 0 Å². The van der Waals surface area contributed by atoms with Gasteiger partial charge >= 0.3 is 12.6 Å². The second-order valence-corrected chi connectivity index (χ2v) is 6.10. The predicted octanol–water partition coefficient (Wildman–Crippen LogP) is 2.68. The van der Waals surface area contributed by atoms with Gasteiger partial charge in [-0.25, -0.2) is 4.79 Å². The molecule has 2 aromatic carbocycles. The molecule has 13 heteroatoms. The van der Waals surface area contributed by atoms with Crippen molar-refractivity contribution < 1.29 is 32.3 Å². The molecular formula is C19H14F2N6O5. The second kappa shape index (κ2) is 9.16. The number of alkyl halides is 2.